The van der Waals surface area contributed by atoms with Crippen molar-refractivity contribution in [3.05, 3.63) is 21.8 Å². The van der Waals surface area contributed by atoms with Crippen molar-refractivity contribution in [1.82, 2.24) is 19.5 Å². The van der Waals surface area contributed by atoms with Gasteiger partial charge < -0.3 is 14.6 Å². The van der Waals surface area contributed by atoms with E-state index < -0.39 is 0 Å². The minimum absolute atomic E-state index is 0.462. The summed E-state index contributed by atoms with van der Waals surface area (Å²) in [6, 6.07) is 0. The maximum atomic E-state index is 5.20. The normalized spacial score (nSPS) is 10.7. The van der Waals surface area contributed by atoms with Crippen LogP contribution >= 0.6 is 22.6 Å². The monoisotopic (exact) mass is 373 g/mol. The summed E-state index contributed by atoms with van der Waals surface area (Å²) < 4.78 is 8.09. The molecule has 2 heterocycles. The SMILES string of the molecule is CCNc1nc(-c2cncn2C)nc(COC)c1I. The first-order chi connectivity index (χ1) is 9.17. The van der Waals surface area contributed by atoms with Crippen molar-refractivity contribution >= 4 is 28.4 Å². The summed E-state index contributed by atoms with van der Waals surface area (Å²) in [5.74, 6) is 1.49. The number of imidazole rings is 1. The van der Waals surface area contributed by atoms with Crippen LogP contribution in [-0.2, 0) is 18.4 Å². The molecule has 0 atom stereocenters. The molecule has 0 aliphatic carbocycles. The molecule has 1 N–H and O–H groups in total. The standard InChI is InChI=1S/C12H16IN5O/c1-4-15-12-10(13)8(6-19-3)16-11(17-12)9-5-14-7-18(9)2/h5,7H,4,6H2,1-3H3,(H,15,16,17). The van der Waals surface area contributed by atoms with Gasteiger partial charge in [-0.3, -0.25) is 0 Å². The molecule has 2 rings (SSSR count). The average Bonchev–Trinajstić information content (AvgIpc) is 2.81. The Bertz CT molecular complexity index is 542. The number of rotatable bonds is 5. The maximum Gasteiger partial charge on any atom is 0.180 e. The van der Waals surface area contributed by atoms with E-state index in [1.165, 1.54) is 0 Å². The van der Waals surface area contributed by atoms with Crippen molar-refractivity contribution in [2.45, 2.75) is 13.5 Å². The predicted molar refractivity (Wildman–Crippen MR) is 81.8 cm³/mol. The molecule has 0 aliphatic heterocycles. The Labute approximate surface area is 125 Å². The molecule has 19 heavy (non-hydrogen) atoms. The Kier molecular flexibility index (Phi) is 4.70. The Hall–Kier alpha value is -1.22. The third-order valence-corrected chi connectivity index (χ3v) is 3.72. The molecule has 0 fully saturated rings. The third kappa shape index (κ3) is 3.03. The number of hydrogen-bond donors (Lipinski definition) is 1. The van der Waals surface area contributed by atoms with Crippen LogP contribution in [-0.4, -0.2) is 33.2 Å². The summed E-state index contributed by atoms with van der Waals surface area (Å²) in [5, 5.41) is 3.25. The van der Waals surface area contributed by atoms with Crippen molar-refractivity contribution < 1.29 is 4.74 Å². The number of ether oxygens (including phenoxy) is 1. The average molecular weight is 373 g/mol. The van der Waals surface area contributed by atoms with Gasteiger partial charge in [0.25, 0.3) is 0 Å². The molecule has 6 nitrogen and oxygen atoms in total. The fourth-order valence-corrected chi connectivity index (χ4v) is 2.29. The van der Waals surface area contributed by atoms with Crippen LogP contribution < -0.4 is 5.32 Å². The topological polar surface area (TPSA) is 64.9 Å². The van der Waals surface area contributed by atoms with E-state index in [0.29, 0.717) is 12.4 Å². The summed E-state index contributed by atoms with van der Waals surface area (Å²) in [5.41, 5.74) is 1.76. The lowest BCUT2D eigenvalue weighted by Gasteiger charge is -2.12. The van der Waals surface area contributed by atoms with Crippen molar-refractivity contribution in [1.29, 1.82) is 0 Å². The highest BCUT2D eigenvalue weighted by Crippen LogP contribution is 2.24. The molecule has 0 saturated carbocycles. The van der Waals surface area contributed by atoms with E-state index in [0.717, 1.165) is 27.3 Å². The molecule has 0 aromatic carbocycles. The van der Waals surface area contributed by atoms with Crippen molar-refractivity contribution in [2.24, 2.45) is 7.05 Å². The Morgan fingerprint density at radius 1 is 1.42 bits per heavy atom. The van der Waals surface area contributed by atoms with Gasteiger partial charge in [0.15, 0.2) is 5.82 Å². The van der Waals surface area contributed by atoms with Crippen LogP contribution in [0.15, 0.2) is 12.5 Å². The fraction of sp³-hybridized carbons (Fsp3) is 0.417. The molecular weight excluding hydrogens is 357 g/mol. The predicted octanol–water partition coefficient (Wildman–Crippen LogP) is 2.06. The highest BCUT2D eigenvalue weighted by Gasteiger charge is 2.14. The smallest absolute Gasteiger partial charge is 0.180 e. The van der Waals surface area contributed by atoms with E-state index in [-0.39, 0.29) is 0 Å². The van der Waals surface area contributed by atoms with Gasteiger partial charge in [-0.1, -0.05) is 0 Å². The zero-order valence-electron chi connectivity index (χ0n) is 11.1. The molecule has 0 radical (unpaired) electrons. The zero-order valence-corrected chi connectivity index (χ0v) is 13.3. The van der Waals surface area contributed by atoms with Crippen LogP contribution in [0.3, 0.4) is 0 Å². The van der Waals surface area contributed by atoms with Gasteiger partial charge in [-0.25, -0.2) is 15.0 Å². The van der Waals surface area contributed by atoms with Crippen molar-refractivity contribution in [3.8, 4) is 11.5 Å². The van der Waals surface area contributed by atoms with Gasteiger partial charge in [0.2, 0.25) is 0 Å². The number of aromatic nitrogens is 4. The largest absolute Gasteiger partial charge is 0.378 e. The van der Waals surface area contributed by atoms with Crippen molar-refractivity contribution in [3.63, 3.8) is 0 Å². The third-order valence-electron chi connectivity index (χ3n) is 2.59. The first kappa shape index (κ1) is 14.2. The number of halogens is 1. The molecule has 0 saturated heterocycles. The molecule has 0 bridgehead atoms. The summed E-state index contributed by atoms with van der Waals surface area (Å²) in [7, 11) is 3.58. The number of anilines is 1. The van der Waals surface area contributed by atoms with E-state index in [1.807, 2.05) is 18.5 Å². The van der Waals surface area contributed by atoms with E-state index in [1.54, 1.807) is 19.6 Å². The van der Waals surface area contributed by atoms with Crippen LogP contribution in [0.25, 0.3) is 11.5 Å². The van der Waals surface area contributed by atoms with Gasteiger partial charge in [-0.2, -0.15) is 0 Å². The number of methoxy groups -OCH3 is 1. The van der Waals surface area contributed by atoms with Gasteiger partial charge >= 0.3 is 0 Å². The maximum absolute atomic E-state index is 5.20. The highest BCUT2D eigenvalue weighted by molar-refractivity contribution is 14.1. The lowest BCUT2D eigenvalue weighted by Crippen LogP contribution is -2.09. The van der Waals surface area contributed by atoms with Gasteiger partial charge in [0.1, 0.15) is 11.5 Å². The van der Waals surface area contributed by atoms with Gasteiger partial charge in [0.05, 0.1) is 28.4 Å². The quantitative estimate of drug-likeness (QED) is 0.813. The summed E-state index contributed by atoms with van der Waals surface area (Å²) >= 11 is 2.24. The summed E-state index contributed by atoms with van der Waals surface area (Å²) in [4.78, 5) is 13.2. The molecule has 0 amide bonds. The first-order valence-electron chi connectivity index (χ1n) is 5.93. The second kappa shape index (κ2) is 6.29. The summed E-state index contributed by atoms with van der Waals surface area (Å²) in [6.07, 6.45) is 3.49. The Morgan fingerprint density at radius 3 is 2.79 bits per heavy atom. The number of nitrogens with one attached hydrogen (secondary N) is 1. The molecule has 7 heteroatoms. The zero-order chi connectivity index (χ0) is 13.8. The number of nitrogens with zero attached hydrogens (tertiary/aromatic N) is 4. The molecule has 2 aromatic heterocycles. The lowest BCUT2D eigenvalue weighted by atomic mass is 10.3. The molecule has 2 aromatic rings. The second-order valence-electron chi connectivity index (χ2n) is 4.01. The van der Waals surface area contributed by atoms with E-state index in [4.69, 9.17) is 4.74 Å². The number of hydrogen-bond acceptors (Lipinski definition) is 5. The Morgan fingerprint density at radius 2 is 2.21 bits per heavy atom. The van der Waals surface area contributed by atoms with Gasteiger partial charge in [0, 0.05) is 20.7 Å². The highest BCUT2D eigenvalue weighted by atomic mass is 127. The minimum Gasteiger partial charge on any atom is -0.378 e. The molecule has 0 unspecified atom stereocenters. The van der Waals surface area contributed by atoms with Crippen molar-refractivity contribution in [2.75, 3.05) is 19.0 Å². The molecule has 102 valence electrons. The first-order valence-corrected chi connectivity index (χ1v) is 7.01. The van der Waals surface area contributed by atoms with Crippen LogP contribution in [0.1, 0.15) is 12.6 Å². The Balaban J connectivity index is 2.52. The number of aryl methyl sites for hydroxylation is 1. The summed E-state index contributed by atoms with van der Waals surface area (Å²) in [6.45, 7) is 3.31. The van der Waals surface area contributed by atoms with Gasteiger partial charge in [-0.05, 0) is 29.5 Å². The van der Waals surface area contributed by atoms with Crippen LogP contribution in [0.4, 0.5) is 5.82 Å². The van der Waals surface area contributed by atoms with Crippen LogP contribution in [0.2, 0.25) is 0 Å². The van der Waals surface area contributed by atoms with E-state index in [2.05, 4.69) is 42.9 Å². The van der Waals surface area contributed by atoms with Crippen LogP contribution in [0.5, 0.6) is 0 Å². The minimum atomic E-state index is 0.462. The van der Waals surface area contributed by atoms with E-state index in [9.17, 15) is 0 Å². The molecule has 0 aliphatic rings. The molecule has 0 spiro atoms. The lowest BCUT2D eigenvalue weighted by molar-refractivity contribution is 0.181. The fourth-order valence-electron chi connectivity index (χ4n) is 1.70. The van der Waals surface area contributed by atoms with Crippen LogP contribution in [0, 0.1) is 3.57 Å². The van der Waals surface area contributed by atoms with Gasteiger partial charge in [-0.15, -0.1) is 0 Å². The van der Waals surface area contributed by atoms with E-state index >= 15 is 0 Å². The molecular formula is C12H16IN5O. The second-order valence-corrected chi connectivity index (χ2v) is 5.09.